The fourth-order valence-corrected chi connectivity index (χ4v) is 2.46. The van der Waals surface area contributed by atoms with Crippen LogP contribution in [0.15, 0.2) is 29.6 Å². The van der Waals surface area contributed by atoms with Crippen LogP contribution in [0.3, 0.4) is 0 Å². The van der Waals surface area contributed by atoms with Gasteiger partial charge >= 0.3 is 0 Å². The fourth-order valence-electron chi connectivity index (χ4n) is 1.53. The second-order valence-corrected chi connectivity index (χ2v) is 4.87. The molecule has 3 heteroatoms. The Hall–Kier alpha value is -1.35. The normalized spacial score (nSPS) is 12.6. The molecule has 84 valence electrons. The summed E-state index contributed by atoms with van der Waals surface area (Å²) < 4.78 is 0. The molecule has 0 fully saturated rings. The van der Waals surface area contributed by atoms with E-state index in [0.717, 1.165) is 22.7 Å². The van der Waals surface area contributed by atoms with Crippen molar-refractivity contribution in [2.75, 3.05) is 5.73 Å². The molecule has 0 saturated heterocycles. The molecular weight excluding hydrogens is 216 g/mol. The van der Waals surface area contributed by atoms with Crippen LogP contribution in [0, 0.1) is 0 Å². The Morgan fingerprint density at radius 1 is 1.44 bits per heavy atom. The number of nitrogens with two attached hydrogens (primary N) is 1. The van der Waals surface area contributed by atoms with E-state index in [0.29, 0.717) is 5.92 Å². The second kappa shape index (κ2) is 4.66. The molecule has 2 N–H and O–H groups in total. The van der Waals surface area contributed by atoms with Gasteiger partial charge in [-0.05, 0) is 24.5 Å². The van der Waals surface area contributed by atoms with E-state index in [-0.39, 0.29) is 0 Å². The predicted molar refractivity (Wildman–Crippen MR) is 70.7 cm³/mol. The Balaban J connectivity index is 2.31. The molecule has 2 aromatic rings. The van der Waals surface area contributed by atoms with E-state index in [4.69, 9.17) is 5.73 Å². The minimum Gasteiger partial charge on any atom is -0.399 e. The minimum atomic E-state index is 0.533. The van der Waals surface area contributed by atoms with Gasteiger partial charge in [-0.15, -0.1) is 11.3 Å². The van der Waals surface area contributed by atoms with Crippen molar-refractivity contribution in [1.29, 1.82) is 0 Å². The Kier molecular flexibility index (Phi) is 3.25. The van der Waals surface area contributed by atoms with Gasteiger partial charge in [0.05, 0.1) is 5.69 Å². The number of rotatable bonds is 3. The van der Waals surface area contributed by atoms with Crippen molar-refractivity contribution in [3.05, 3.63) is 35.3 Å². The average Bonchev–Trinajstić information content (AvgIpc) is 2.77. The number of anilines is 1. The van der Waals surface area contributed by atoms with Crippen molar-refractivity contribution in [3.63, 3.8) is 0 Å². The maximum absolute atomic E-state index is 5.77. The molecule has 0 amide bonds. The molecule has 0 spiro atoms. The van der Waals surface area contributed by atoms with E-state index in [9.17, 15) is 0 Å². The summed E-state index contributed by atoms with van der Waals surface area (Å²) >= 11 is 1.69. The zero-order valence-electron chi connectivity index (χ0n) is 9.60. The van der Waals surface area contributed by atoms with Crippen LogP contribution in [0.2, 0.25) is 0 Å². The van der Waals surface area contributed by atoms with Crippen LogP contribution in [0.4, 0.5) is 5.69 Å². The third-order valence-corrected chi connectivity index (χ3v) is 3.68. The van der Waals surface area contributed by atoms with Crippen LogP contribution in [0.25, 0.3) is 10.6 Å². The lowest BCUT2D eigenvalue weighted by atomic mass is 10.1. The Morgan fingerprint density at radius 3 is 2.94 bits per heavy atom. The third kappa shape index (κ3) is 2.25. The van der Waals surface area contributed by atoms with Gasteiger partial charge in [0, 0.05) is 16.6 Å². The third-order valence-electron chi connectivity index (χ3n) is 2.77. The number of hydrogen-bond donors (Lipinski definition) is 1. The van der Waals surface area contributed by atoms with Crippen LogP contribution < -0.4 is 5.73 Å². The highest BCUT2D eigenvalue weighted by atomic mass is 32.1. The van der Waals surface area contributed by atoms with E-state index in [2.05, 4.69) is 30.3 Å². The van der Waals surface area contributed by atoms with Crippen molar-refractivity contribution >= 4 is 17.0 Å². The van der Waals surface area contributed by atoms with Crippen molar-refractivity contribution in [3.8, 4) is 10.6 Å². The Morgan fingerprint density at radius 2 is 2.25 bits per heavy atom. The lowest BCUT2D eigenvalue weighted by Crippen LogP contribution is -1.91. The van der Waals surface area contributed by atoms with Gasteiger partial charge in [-0.1, -0.05) is 26.0 Å². The average molecular weight is 232 g/mol. The van der Waals surface area contributed by atoms with Crippen molar-refractivity contribution < 1.29 is 0 Å². The van der Waals surface area contributed by atoms with Gasteiger partial charge < -0.3 is 5.73 Å². The first kappa shape index (κ1) is 11.1. The lowest BCUT2D eigenvalue weighted by Gasteiger charge is -2.02. The van der Waals surface area contributed by atoms with Gasteiger partial charge in [-0.25, -0.2) is 4.98 Å². The first-order valence-corrected chi connectivity index (χ1v) is 6.40. The summed E-state index contributed by atoms with van der Waals surface area (Å²) in [5.74, 6) is 0.533. The van der Waals surface area contributed by atoms with Crippen LogP contribution in [0.5, 0.6) is 0 Å². The van der Waals surface area contributed by atoms with Crippen LogP contribution in [-0.2, 0) is 0 Å². The molecule has 0 saturated carbocycles. The van der Waals surface area contributed by atoms with Crippen molar-refractivity contribution in [2.45, 2.75) is 26.2 Å². The molecule has 1 aromatic heterocycles. The van der Waals surface area contributed by atoms with E-state index in [1.807, 2.05) is 18.2 Å². The number of nitrogen functional groups attached to an aromatic ring is 1. The monoisotopic (exact) mass is 232 g/mol. The summed E-state index contributed by atoms with van der Waals surface area (Å²) in [4.78, 5) is 4.66. The van der Waals surface area contributed by atoms with Gasteiger partial charge in [-0.3, -0.25) is 0 Å². The van der Waals surface area contributed by atoms with Crippen molar-refractivity contribution in [2.24, 2.45) is 0 Å². The van der Waals surface area contributed by atoms with E-state index >= 15 is 0 Å². The number of nitrogens with zero attached hydrogens (tertiary/aromatic N) is 1. The highest BCUT2D eigenvalue weighted by Crippen LogP contribution is 2.28. The highest BCUT2D eigenvalue weighted by Gasteiger charge is 2.09. The summed E-state index contributed by atoms with van der Waals surface area (Å²) in [6.45, 7) is 4.39. The zero-order valence-corrected chi connectivity index (χ0v) is 10.4. The molecule has 1 unspecified atom stereocenters. The van der Waals surface area contributed by atoms with E-state index in [1.165, 1.54) is 5.69 Å². The molecular formula is C13H16N2S. The molecule has 2 rings (SSSR count). The molecule has 0 aliphatic rings. The molecule has 0 radical (unpaired) electrons. The number of thiazole rings is 1. The van der Waals surface area contributed by atoms with Crippen LogP contribution in [-0.4, -0.2) is 4.98 Å². The topological polar surface area (TPSA) is 38.9 Å². The highest BCUT2D eigenvalue weighted by molar-refractivity contribution is 7.13. The standard InChI is InChI=1S/C13H16N2S/c1-3-9(2)12-8-16-13(15-12)10-5-4-6-11(14)7-10/h4-9H,3,14H2,1-2H3. The van der Waals surface area contributed by atoms with Gasteiger partial charge in [0.2, 0.25) is 0 Å². The van der Waals surface area contributed by atoms with Crippen LogP contribution >= 0.6 is 11.3 Å². The summed E-state index contributed by atoms with van der Waals surface area (Å²) in [6.07, 6.45) is 1.13. The molecule has 1 aromatic carbocycles. The smallest absolute Gasteiger partial charge is 0.123 e. The summed E-state index contributed by atoms with van der Waals surface area (Å²) in [5.41, 5.74) is 8.85. The first-order valence-electron chi connectivity index (χ1n) is 5.52. The molecule has 0 bridgehead atoms. The minimum absolute atomic E-state index is 0.533. The summed E-state index contributed by atoms with van der Waals surface area (Å²) in [7, 11) is 0. The SMILES string of the molecule is CCC(C)c1csc(-c2cccc(N)c2)n1. The van der Waals surface area contributed by atoms with Gasteiger partial charge in [0.15, 0.2) is 0 Å². The molecule has 1 atom stereocenters. The Labute approximate surface area is 100 Å². The second-order valence-electron chi connectivity index (χ2n) is 4.01. The largest absolute Gasteiger partial charge is 0.399 e. The van der Waals surface area contributed by atoms with E-state index in [1.54, 1.807) is 11.3 Å². The molecule has 16 heavy (non-hydrogen) atoms. The van der Waals surface area contributed by atoms with Gasteiger partial charge in [0.25, 0.3) is 0 Å². The first-order chi connectivity index (χ1) is 7.70. The number of aromatic nitrogens is 1. The molecule has 0 aliphatic heterocycles. The van der Waals surface area contributed by atoms with Gasteiger partial charge in [-0.2, -0.15) is 0 Å². The Bertz CT molecular complexity index is 476. The fraction of sp³-hybridized carbons (Fsp3) is 0.308. The van der Waals surface area contributed by atoms with Gasteiger partial charge in [0.1, 0.15) is 5.01 Å². The molecule has 1 heterocycles. The number of hydrogen-bond acceptors (Lipinski definition) is 3. The van der Waals surface area contributed by atoms with E-state index < -0.39 is 0 Å². The number of benzene rings is 1. The zero-order chi connectivity index (χ0) is 11.5. The van der Waals surface area contributed by atoms with Crippen LogP contribution in [0.1, 0.15) is 31.9 Å². The lowest BCUT2D eigenvalue weighted by molar-refractivity contribution is 0.714. The predicted octanol–water partition coefficient (Wildman–Crippen LogP) is 3.91. The quantitative estimate of drug-likeness (QED) is 0.815. The molecule has 2 nitrogen and oxygen atoms in total. The molecule has 0 aliphatic carbocycles. The maximum atomic E-state index is 5.77. The summed E-state index contributed by atoms with van der Waals surface area (Å²) in [6, 6.07) is 7.89. The summed E-state index contributed by atoms with van der Waals surface area (Å²) in [5, 5.41) is 3.20. The van der Waals surface area contributed by atoms with Crippen molar-refractivity contribution in [1.82, 2.24) is 4.98 Å². The maximum Gasteiger partial charge on any atom is 0.123 e.